The lowest BCUT2D eigenvalue weighted by atomic mass is 9.81. The van der Waals surface area contributed by atoms with Gasteiger partial charge in [0, 0.05) is 60.2 Å². The van der Waals surface area contributed by atoms with E-state index in [1.807, 2.05) is 26.0 Å². The number of nitrogens with zero attached hydrogens (tertiary/aromatic N) is 2. The molecule has 0 bridgehead atoms. The van der Waals surface area contributed by atoms with Crippen LogP contribution in [-0.4, -0.2) is 45.5 Å². The minimum atomic E-state index is -0.344. The first-order valence-electron chi connectivity index (χ1n) is 16.5. The lowest BCUT2D eigenvalue weighted by molar-refractivity contribution is 0.0508. The van der Waals surface area contributed by atoms with Crippen molar-refractivity contribution in [1.29, 1.82) is 0 Å². The molecule has 2 unspecified atom stereocenters. The molecule has 2 heterocycles. The van der Waals surface area contributed by atoms with Gasteiger partial charge < -0.3 is 0 Å². The van der Waals surface area contributed by atoms with Crippen LogP contribution >= 0.6 is 23.2 Å². The molecule has 8 heteroatoms. The fraction of sp³-hybridized carbons (Fsp3) is 0.368. The predicted octanol–water partition coefficient (Wildman–Crippen LogP) is 10.2. The molecule has 0 aliphatic carbocycles. The molecule has 5 aromatic carbocycles. The van der Waals surface area contributed by atoms with Crippen molar-refractivity contribution < 1.29 is 19.2 Å². The van der Waals surface area contributed by atoms with Crippen LogP contribution in [-0.2, 0) is 0 Å². The van der Waals surface area contributed by atoms with E-state index < -0.39 is 0 Å². The van der Waals surface area contributed by atoms with Gasteiger partial charge in [0.2, 0.25) is 0 Å². The fourth-order valence-electron chi connectivity index (χ4n) is 7.98. The second kappa shape index (κ2) is 11.5. The van der Waals surface area contributed by atoms with E-state index in [0.717, 1.165) is 54.7 Å². The van der Waals surface area contributed by atoms with Crippen LogP contribution in [0, 0.1) is 0 Å². The van der Waals surface area contributed by atoms with Crippen LogP contribution in [0.3, 0.4) is 0 Å². The molecule has 2 aliphatic rings. The van der Waals surface area contributed by atoms with Gasteiger partial charge in [-0.3, -0.25) is 29.0 Å². The van der Waals surface area contributed by atoms with Crippen LogP contribution in [0.2, 0.25) is 10.0 Å². The Bertz CT molecular complexity index is 2010. The van der Waals surface area contributed by atoms with E-state index in [1.165, 1.54) is 9.80 Å². The second-order valence-corrected chi connectivity index (χ2v) is 13.6. The zero-order chi connectivity index (χ0) is 32.6. The van der Waals surface area contributed by atoms with E-state index in [9.17, 15) is 19.2 Å². The standard InChI is InChI=1S/C38H36Cl2N2O4/c1-5-9-11-19(7-3)41-35(43)23-15-13-21-29-22(14-16-24(30(23)29)36(41)44)33-28(40)18-26-31-25(17-27(39)32(21)34(31)33)37(45)42(38(26)46)20(8-4)12-10-6-2/h13-20H,5-12H2,1-4H3. The van der Waals surface area contributed by atoms with E-state index in [2.05, 4.69) is 13.8 Å². The largest absolute Gasteiger partial charge is 0.271 e. The van der Waals surface area contributed by atoms with Crippen molar-refractivity contribution in [1.82, 2.24) is 9.80 Å². The van der Waals surface area contributed by atoms with Gasteiger partial charge in [0.05, 0.1) is 11.1 Å². The highest BCUT2D eigenvalue weighted by Gasteiger charge is 2.41. The lowest BCUT2D eigenvalue weighted by Gasteiger charge is -2.35. The maximum absolute atomic E-state index is 14.1. The Morgan fingerprint density at radius 1 is 0.522 bits per heavy atom. The van der Waals surface area contributed by atoms with E-state index in [0.29, 0.717) is 72.1 Å². The Hall–Kier alpha value is -3.74. The maximum Gasteiger partial charge on any atom is 0.261 e. The third kappa shape index (κ3) is 4.15. The Morgan fingerprint density at radius 2 is 0.913 bits per heavy atom. The molecule has 4 amide bonds. The number of rotatable bonds is 10. The summed E-state index contributed by atoms with van der Waals surface area (Å²) in [6.07, 6.45) is 6.61. The third-order valence-electron chi connectivity index (χ3n) is 10.3. The van der Waals surface area contributed by atoms with Crippen molar-refractivity contribution >= 4 is 89.9 Å². The van der Waals surface area contributed by atoms with E-state index >= 15 is 0 Å². The van der Waals surface area contributed by atoms with Crippen molar-refractivity contribution in [3.05, 3.63) is 68.7 Å². The first-order valence-corrected chi connectivity index (χ1v) is 17.3. The molecule has 6 nitrogen and oxygen atoms in total. The molecule has 0 spiro atoms. The number of hydrogen-bond acceptors (Lipinski definition) is 4. The average molecular weight is 656 g/mol. The molecule has 0 fully saturated rings. The van der Waals surface area contributed by atoms with Gasteiger partial charge in [-0.1, -0.05) is 88.7 Å². The highest BCUT2D eigenvalue weighted by molar-refractivity contribution is 6.51. The van der Waals surface area contributed by atoms with Crippen molar-refractivity contribution in [2.24, 2.45) is 0 Å². The summed E-state index contributed by atoms with van der Waals surface area (Å²) in [4.78, 5) is 59.1. The zero-order valence-electron chi connectivity index (χ0n) is 26.6. The Labute approximate surface area is 277 Å². The number of fused-ring (bicyclic) bond motifs is 2. The van der Waals surface area contributed by atoms with Gasteiger partial charge in [-0.2, -0.15) is 0 Å². The summed E-state index contributed by atoms with van der Waals surface area (Å²) in [7, 11) is 0. The number of benzene rings is 5. The smallest absolute Gasteiger partial charge is 0.261 e. The van der Waals surface area contributed by atoms with Crippen LogP contribution in [0.1, 0.15) is 120 Å². The van der Waals surface area contributed by atoms with Gasteiger partial charge in [-0.15, -0.1) is 0 Å². The normalized spacial score (nSPS) is 16.2. The monoisotopic (exact) mass is 654 g/mol. The van der Waals surface area contributed by atoms with Crippen LogP contribution < -0.4 is 0 Å². The van der Waals surface area contributed by atoms with Gasteiger partial charge in [0.15, 0.2) is 0 Å². The van der Waals surface area contributed by atoms with Crippen molar-refractivity contribution in [3.63, 3.8) is 0 Å². The zero-order valence-corrected chi connectivity index (χ0v) is 28.1. The van der Waals surface area contributed by atoms with Crippen LogP contribution in [0.15, 0.2) is 36.4 Å². The predicted molar refractivity (Wildman–Crippen MR) is 186 cm³/mol. The summed E-state index contributed by atoms with van der Waals surface area (Å²) in [5.41, 5.74) is 1.73. The summed E-state index contributed by atoms with van der Waals surface area (Å²) in [5, 5.41) is 6.04. The minimum absolute atomic E-state index is 0.180. The molecule has 0 radical (unpaired) electrons. The molecule has 0 saturated carbocycles. The molecule has 0 N–H and O–H groups in total. The summed E-state index contributed by atoms with van der Waals surface area (Å²) in [6.45, 7) is 8.20. The molecule has 236 valence electrons. The van der Waals surface area contributed by atoms with Gasteiger partial charge in [0.25, 0.3) is 23.6 Å². The Morgan fingerprint density at radius 3 is 1.30 bits per heavy atom. The van der Waals surface area contributed by atoms with Gasteiger partial charge in [0.1, 0.15) is 0 Å². The average Bonchev–Trinajstić information content (AvgIpc) is 3.05. The molecule has 2 aliphatic heterocycles. The SMILES string of the molecule is CCCCC(CC)N1C(=O)c2ccc3c4c(Cl)cc5c6c(cc(Cl)c(c7ccc(c2c37)C1=O)c64)C(=O)N(C(CC)CCCC)C5=O. The molecule has 0 saturated heterocycles. The van der Waals surface area contributed by atoms with Gasteiger partial charge >= 0.3 is 0 Å². The van der Waals surface area contributed by atoms with Crippen LogP contribution in [0.5, 0.6) is 0 Å². The molecule has 5 aromatic rings. The summed E-state index contributed by atoms with van der Waals surface area (Å²) >= 11 is 14.2. The molecule has 46 heavy (non-hydrogen) atoms. The number of unbranched alkanes of at least 4 members (excludes halogenated alkanes) is 2. The third-order valence-corrected chi connectivity index (χ3v) is 10.9. The highest BCUT2D eigenvalue weighted by atomic mass is 35.5. The van der Waals surface area contributed by atoms with Crippen LogP contribution in [0.4, 0.5) is 0 Å². The fourth-order valence-corrected chi connectivity index (χ4v) is 8.59. The number of carbonyl (C=O) groups is 4. The summed E-state index contributed by atoms with van der Waals surface area (Å²) < 4.78 is 0. The Balaban J connectivity index is 1.52. The number of imide groups is 2. The van der Waals surface area contributed by atoms with Crippen LogP contribution in [0.25, 0.3) is 43.1 Å². The van der Waals surface area contributed by atoms with Crippen molar-refractivity contribution in [2.75, 3.05) is 0 Å². The molecular weight excluding hydrogens is 619 g/mol. The van der Waals surface area contributed by atoms with Gasteiger partial charge in [-0.25, -0.2) is 0 Å². The van der Waals surface area contributed by atoms with E-state index in [1.54, 1.807) is 24.3 Å². The first-order chi connectivity index (χ1) is 22.2. The minimum Gasteiger partial charge on any atom is -0.271 e. The highest BCUT2D eigenvalue weighted by Crippen LogP contribution is 2.50. The Kier molecular flexibility index (Phi) is 7.72. The number of carbonyl (C=O) groups excluding carboxylic acids is 4. The number of amides is 4. The molecule has 7 rings (SSSR count). The van der Waals surface area contributed by atoms with Gasteiger partial charge in [-0.05, 0) is 66.1 Å². The summed E-state index contributed by atoms with van der Waals surface area (Å²) in [6, 6.07) is 10.3. The quantitative estimate of drug-likeness (QED) is 0.0853. The van der Waals surface area contributed by atoms with E-state index in [4.69, 9.17) is 23.2 Å². The number of hydrogen-bond donors (Lipinski definition) is 0. The molecule has 2 atom stereocenters. The second-order valence-electron chi connectivity index (χ2n) is 12.8. The summed E-state index contributed by atoms with van der Waals surface area (Å²) in [5.74, 6) is -1.27. The maximum atomic E-state index is 14.1. The van der Waals surface area contributed by atoms with E-state index in [-0.39, 0.29) is 35.7 Å². The van der Waals surface area contributed by atoms with Crippen molar-refractivity contribution in [3.8, 4) is 0 Å². The topological polar surface area (TPSA) is 74.8 Å². The number of halogens is 2. The first kappa shape index (κ1) is 30.9. The molecule has 0 aromatic heterocycles. The lowest BCUT2D eigenvalue weighted by Crippen LogP contribution is -2.47. The molecular formula is C38H36Cl2N2O4. The van der Waals surface area contributed by atoms with Crippen molar-refractivity contribution in [2.45, 2.75) is 91.1 Å².